The van der Waals surface area contributed by atoms with Crippen LogP contribution in [0.15, 0.2) is 42.5 Å². The monoisotopic (exact) mass is 412 g/mol. The lowest BCUT2D eigenvalue weighted by Crippen LogP contribution is -2.45. The number of hydrogen-bond donors (Lipinski definition) is 1. The summed E-state index contributed by atoms with van der Waals surface area (Å²) in [6.07, 6.45) is 1.04. The van der Waals surface area contributed by atoms with Gasteiger partial charge in [-0.3, -0.25) is 9.10 Å². The van der Waals surface area contributed by atoms with E-state index in [1.165, 1.54) is 21.1 Å². The summed E-state index contributed by atoms with van der Waals surface area (Å²) in [5.41, 5.74) is 0.709. The molecular weight excluding hydrogens is 392 g/mol. The van der Waals surface area contributed by atoms with Crippen molar-refractivity contribution in [2.75, 3.05) is 30.1 Å². The molecule has 2 aromatic carbocycles. The maximum absolute atomic E-state index is 12.8. The van der Waals surface area contributed by atoms with Crippen LogP contribution in [-0.2, 0) is 14.8 Å². The van der Waals surface area contributed by atoms with Gasteiger partial charge in [0.25, 0.3) is 0 Å². The molecule has 0 aliphatic rings. The number of benzene rings is 2. The Morgan fingerprint density at radius 2 is 1.74 bits per heavy atom. The highest BCUT2D eigenvalue weighted by molar-refractivity contribution is 7.92. The Morgan fingerprint density at radius 3 is 2.26 bits per heavy atom. The van der Waals surface area contributed by atoms with Crippen molar-refractivity contribution < 1.29 is 22.7 Å². The van der Waals surface area contributed by atoms with Crippen LogP contribution in [-0.4, -0.2) is 40.8 Å². The average Bonchev–Trinajstić information content (AvgIpc) is 2.62. The van der Waals surface area contributed by atoms with Crippen molar-refractivity contribution in [3.05, 3.63) is 47.5 Å². The van der Waals surface area contributed by atoms with Crippen molar-refractivity contribution in [2.45, 2.75) is 13.0 Å². The minimum absolute atomic E-state index is 0.335. The van der Waals surface area contributed by atoms with Gasteiger partial charge < -0.3 is 14.8 Å². The van der Waals surface area contributed by atoms with E-state index in [-0.39, 0.29) is 0 Å². The molecule has 0 bridgehead atoms. The van der Waals surface area contributed by atoms with E-state index in [0.717, 1.165) is 10.6 Å². The van der Waals surface area contributed by atoms with Gasteiger partial charge in [-0.1, -0.05) is 11.6 Å². The first-order valence-electron chi connectivity index (χ1n) is 7.95. The first-order chi connectivity index (χ1) is 12.7. The number of rotatable bonds is 7. The SMILES string of the molecule is COc1ccc(OC)c(NC(=O)[C@@H](C)N(c2ccc(Cl)cc2)S(C)(=O)=O)c1. The zero-order valence-corrected chi connectivity index (χ0v) is 17.0. The summed E-state index contributed by atoms with van der Waals surface area (Å²) >= 11 is 5.87. The van der Waals surface area contributed by atoms with Crippen LogP contribution in [0.4, 0.5) is 11.4 Å². The quantitative estimate of drug-likeness (QED) is 0.755. The zero-order chi connectivity index (χ0) is 20.2. The van der Waals surface area contributed by atoms with Crippen molar-refractivity contribution in [3.63, 3.8) is 0 Å². The Balaban J connectivity index is 2.34. The Bertz CT molecular complexity index is 916. The molecule has 0 radical (unpaired) electrons. The molecule has 1 atom stereocenters. The number of nitrogens with one attached hydrogen (secondary N) is 1. The summed E-state index contributed by atoms with van der Waals surface area (Å²) in [4.78, 5) is 12.8. The van der Waals surface area contributed by atoms with Gasteiger partial charge in [0.1, 0.15) is 17.5 Å². The van der Waals surface area contributed by atoms with Crippen LogP contribution < -0.4 is 19.1 Å². The average molecular weight is 413 g/mol. The van der Waals surface area contributed by atoms with Gasteiger partial charge in [-0.05, 0) is 43.3 Å². The Hall–Kier alpha value is -2.45. The van der Waals surface area contributed by atoms with Crippen LogP contribution >= 0.6 is 11.6 Å². The molecule has 7 nitrogen and oxygen atoms in total. The molecule has 0 saturated carbocycles. The second-order valence-electron chi connectivity index (χ2n) is 5.77. The van der Waals surface area contributed by atoms with Gasteiger partial charge >= 0.3 is 0 Å². The van der Waals surface area contributed by atoms with E-state index in [9.17, 15) is 13.2 Å². The van der Waals surface area contributed by atoms with Crippen molar-refractivity contribution in [3.8, 4) is 11.5 Å². The topological polar surface area (TPSA) is 84.9 Å². The first-order valence-corrected chi connectivity index (χ1v) is 10.2. The number of ether oxygens (including phenoxy) is 2. The highest BCUT2D eigenvalue weighted by Gasteiger charge is 2.29. The minimum atomic E-state index is -3.72. The molecule has 27 heavy (non-hydrogen) atoms. The highest BCUT2D eigenvalue weighted by atomic mass is 35.5. The van der Waals surface area contributed by atoms with Gasteiger partial charge in [0.05, 0.1) is 31.9 Å². The third-order valence-electron chi connectivity index (χ3n) is 3.83. The summed E-state index contributed by atoms with van der Waals surface area (Å²) in [5, 5.41) is 3.16. The van der Waals surface area contributed by atoms with Gasteiger partial charge in [-0.25, -0.2) is 8.42 Å². The lowest BCUT2D eigenvalue weighted by molar-refractivity contribution is -0.116. The normalized spacial score (nSPS) is 12.2. The van der Waals surface area contributed by atoms with E-state index in [0.29, 0.717) is 27.9 Å². The summed E-state index contributed by atoms with van der Waals surface area (Å²) < 4.78 is 36.0. The Morgan fingerprint density at radius 1 is 1.11 bits per heavy atom. The third-order valence-corrected chi connectivity index (χ3v) is 5.33. The summed E-state index contributed by atoms with van der Waals surface area (Å²) in [5.74, 6) is 0.423. The number of methoxy groups -OCH3 is 2. The molecule has 0 fully saturated rings. The fourth-order valence-electron chi connectivity index (χ4n) is 2.55. The first kappa shape index (κ1) is 20.9. The predicted octanol–water partition coefficient (Wildman–Crippen LogP) is 3.15. The molecular formula is C18H21ClN2O5S. The number of hydrogen-bond acceptors (Lipinski definition) is 5. The molecule has 146 valence electrons. The van der Waals surface area contributed by atoms with Crippen LogP contribution in [0.2, 0.25) is 5.02 Å². The molecule has 0 unspecified atom stereocenters. The standard InChI is InChI=1S/C18H21ClN2O5S/c1-12(21(27(4,23)24)14-7-5-13(19)6-8-14)18(22)20-16-11-15(25-2)9-10-17(16)26-3/h5-12H,1-4H3,(H,20,22)/t12-/m1/s1. The van der Waals surface area contributed by atoms with E-state index in [4.69, 9.17) is 21.1 Å². The van der Waals surface area contributed by atoms with Gasteiger partial charge in [0.15, 0.2) is 0 Å². The van der Waals surface area contributed by atoms with Gasteiger partial charge in [0, 0.05) is 11.1 Å². The smallest absolute Gasteiger partial charge is 0.248 e. The number of amides is 1. The molecule has 0 saturated heterocycles. The van der Waals surface area contributed by atoms with Crippen molar-refractivity contribution in [1.82, 2.24) is 0 Å². The van der Waals surface area contributed by atoms with Crippen LogP contribution in [0.5, 0.6) is 11.5 Å². The van der Waals surface area contributed by atoms with Gasteiger partial charge in [0.2, 0.25) is 15.9 Å². The number of sulfonamides is 1. The molecule has 1 amide bonds. The Labute approximate surface area is 163 Å². The fraction of sp³-hybridized carbons (Fsp3) is 0.278. The zero-order valence-electron chi connectivity index (χ0n) is 15.4. The predicted molar refractivity (Wildman–Crippen MR) is 106 cm³/mol. The molecule has 0 aliphatic carbocycles. The molecule has 0 heterocycles. The van der Waals surface area contributed by atoms with Crippen LogP contribution in [0.1, 0.15) is 6.92 Å². The molecule has 0 aromatic heterocycles. The number of halogens is 1. The molecule has 9 heteroatoms. The number of nitrogens with zero attached hydrogens (tertiary/aromatic N) is 1. The second kappa shape index (κ2) is 8.49. The lowest BCUT2D eigenvalue weighted by atomic mass is 10.2. The lowest BCUT2D eigenvalue weighted by Gasteiger charge is -2.28. The molecule has 1 N–H and O–H groups in total. The maximum atomic E-state index is 12.8. The Kier molecular flexibility index (Phi) is 6.56. The second-order valence-corrected chi connectivity index (χ2v) is 8.06. The molecule has 2 rings (SSSR count). The molecule has 0 spiro atoms. The largest absolute Gasteiger partial charge is 0.497 e. The number of carbonyl (C=O) groups is 1. The fourth-order valence-corrected chi connectivity index (χ4v) is 3.85. The van der Waals surface area contributed by atoms with E-state index in [1.54, 1.807) is 42.5 Å². The number of anilines is 2. The summed E-state index contributed by atoms with van der Waals surface area (Å²) in [6.45, 7) is 1.50. The van der Waals surface area contributed by atoms with Crippen molar-refractivity contribution in [1.29, 1.82) is 0 Å². The third kappa shape index (κ3) is 5.05. The van der Waals surface area contributed by atoms with Crippen LogP contribution in [0.25, 0.3) is 0 Å². The van der Waals surface area contributed by atoms with Crippen molar-refractivity contribution >= 4 is 38.9 Å². The van der Waals surface area contributed by atoms with Gasteiger partial charge in [-0.15, -0.1) is 0 Å². The van der Waals surface area contributed by atoms with Crippen molar-refractivity contribution in [2.24, 2.45) is 0 Å². The van der Waals surface area contributed by atoms with E-state index < -0.39 is 22.0 Å². The molecule has 0 aliphatic heterocycles. The maximum Gasteiger partial charge on any atom is 0.248 e. The van der Waals surface area contributed by atoms with E-state index >= 15 is 0 Å². The summed E-state index contributed by atoms with van der Waals surface area (Å²) in [6, 6.07) is 10.1. The van der Waals surface area contributed by atoms with Crippen LogP contribution in [0.3, 0.4) is 0 Å². The van der Waals surface area contributed by atoms with E-state index in [2.05, 4.69) is 5.32 Å². The minimum Gasteiger partial charge on any atom is -0.497 e. The van der Waals surface area contributed by atoms with E-state index in [1.807, 2.05) is 0 Å². The van der Waals surface area contributed by atoms with Gasteiger partial charge in [-0.2, -0.15) is 0 Å². The highest BCUT2D eigenvalue weighted by Crippen LogP contribution is 2.30. The molecule has 2 aromatic rings. The number of carbonyl (C=O) groups excluding carboxylic acids is 1. The summed E-state index contributed by atoms with van der Waals surface area (Å²) in [7, 11) is -0.751. The van der Waals surface area contributed by atoms with Crippen LogP contribution in [0, 0.1) is 0 Å².